The smallest absolute Gasteiger partial charge is 0.00640 e. The van der Waals surface area contributed by atoms with Crippen molar-refractivity contribution in [2.75, 3.05) is 7.05 Å². The predicted octanol–water partition coefficient (Wildman–Crippen LogP) is 2.35. The van der Waals surface area contributed by atoms with Crippen molar-refractivity contribution in [2.45, 2.75) is 44.6 Å². The van der Waals surface area contributed by atoms with E-state index in [0.717, 1.165) is 6.04 Å². The van der Waals surface area contributed by atoms with E-state index in [1.165, 1.54) is 38.5 Å². The van der Waals surface area contributed by atoms with Crippen molar-refractivity contribution in [2.24, 2.45) is 0 Å². The summed E-state index contributed by atoms with van der Waals surface area (Å²) in [6.45, 7) is 0. The molecule has 0 spiro atoms. The van der Waals surface area contributed by atoms with Gasteiger partial charge in [-0.3, -0.25) is 0 Å². The lowest BCUT2D eigenvalue weighted by Crippen LogP contribution is -2.23. The molecule has 1 N–H and O–H groups in total. The Kier molecular flexibility index (Phi) is 6.14. The average molecular weight is 164 g/mol. The van der Waals surface area contributed by atoms with Crippen molar-refractivity contribution >= 4 is 12.4 Å². The van der Waals surface area contributed by atoms with Gasteiger partial charge in [-0.1, -0.05) is 25.7 Å². The summed E-state index contributed by atoms with van der Waals surface area (Å²) in [5.74, 6) is 0. The number of hydrogen-bond acceptors (Lipinski definition) is 1. The van der Waals surface area contributed by atoms with Gasteiger partial charge in [-0.15, -0.1) is 12.4 Å². The van der Waals surface area contributed by atoms with Gasteiger partial charge in [-0.2, -0.15) is 0 Å². The molecular weight excluding hydrogens is 146 g/mol. The van der Waals surface area contributed by atoms with Crippen LogP contribution in [-0.4, -0.2) is 13.1 Å². The Balaban J connectivity index is 0.000000810. The first-order valence-electron chi connectivity index (χ1n) is 4.11. The van der Waals surface area contributed by atoms with Gasteiger partial charge in [-0.25, -0.2) is 0 Å². The monoisotopic (exact) mass is 163 g/mol. The molecule has 1 saturated carbocycles. The summed E-state index contributed by atoms with van der Waals surface area (Å²) in [6.07, 6.45) is 8.58. The maximum absolute atomic E-state index is 3.34. The third-order valence-electron chi connectivity index (χ3n) is 2.26. The van der Waals surface area contributed by atoms with Crippen molar-refractivity contribution in [3.05, 3.63) is 0 Å². The van der Waals surface area contributed by atoms with Gasteiger partial charge in [0.05, 0.1) is 0 Å². The van der Waals surface area contributed by atoms with Gasteiger partial charge < -0.3 is 5.32 Å². The second-order valence-corrected chi connectivity index (χ2v) is 2.98. The highest BCUT2D eigenvalue weighted by Gasteiger charge is 2.08. The van der Waals surface area contributed by atoms with E-state index in [1.54, 1.807) is 0 Å². The Hall–Kier alpha value is 0.250. The topological polar surface area (TPSA) is 12.0 Å². The SMILES string of the molecule is CNC1CCCCCC1.Cl. The van der Waals surface area contributed by atoms with Crippen LogP contribution in [0.5, 0.6) is 0 Å². The van der Waals surface area contributed by atoms with Crippen molar-refractivity contribution < 1.29 is 0 Å². The second kappa shape index (κ2) is 5.99. The lowest BCUT2D eigenvalue weighted by molar-refractivity contribution is 0.499. The molecule has 0 aromatic heterocycles. The first-order valence-corrected chi connectivity index (χ1v) is 4.11. The Bertz CT molecular complexity index is 67.7. The maximum Gasteiger partial charge on any atom is 0.00640 e. The normalized spacial score (nSPS) is 21.3. The Morgan fingerprint density at radius 1 is 1.00 bits per heavy atom. The Morgan fingerprint density at radius 3 is 1.90 bits per heavy atom. The third-order valence-corrected chi connectivity index (χ3v) is 2.26. The molecule has 0 atom stereocenters. The molecule has 10 heavy (non-hydrogen) atoms. The van der Waals surface area contributed by atoms with E-state index in [1.807, 2.05) is 0 Å². The highest BCUT2D eigenvalue weighted by atomic mass is 35.5. The van der Waals surface area contributed by atoms with Crippen LogP contribution < -0.4 is 5.32 Å². The molecule has 1 rings (SSSR count). The highest BCUT2D eigenvalue weighted by Crippen LogP contribution is 2.16. The number of hydrogen-bond donors (Lipinski definition) is 1. The van der Waals surface area contributed by atoms with Crippen LogP contribution in [0.25, 0.3) is 0 Å². The van der Waals surface area contributed by atoms with Gasteiger partial charge in [0, 0.05) is 6.04 Å². The summed E-state index contributed by atoms with van der Waals surface area (Å²) in [6, 6.07) is 0.826. The van der Waals surface area contributed by atoms with E-state index in [2.05, 4.69) is 12.4 Å². The first-order chi connectivity index (χ1) is 4.43. The molecule has 0 aliphatic heterocycles. The summed E-state index contributed by atoms with van der Waals surface area (Å²) in [5, 5.41) is 3.34. The summed E-state index contributed by atoms with van der Waals surface area (Å²) in [7, 11) is 2.08. The van der Waals surface area contributed by atoms with Crippen LogP contribution in [0.3, 0.4) is 0 Å². The Morgan fingerprint density at radius 2 is 1.50 bits per heavy atom. The summed E-state index contributed by atoms with van der Waals surface area (Å²) >= 11 is 0. The van der Waals surface area contributed by atoms with Crippen LogP contribution in [0, 0.1) is 0 Å². The molecule has 0 aromatic carbocycles. The molecule has 0 unspecified atom stereocenters. The van der Waals surface area contributed by atoms with Crippen molar-refractivity contribution in [3.8, 4) is 0 Å². The maximum atomic E-state index is 3.34. The van der Waals surface area contributed by atoms with Crippen molar-refractivity contribution in [1.82, 2.24) is 5.32 Å². The molecule has 0 radical (unpaired) electrons. The van der Waals surface area contributed by atoms with Gasteiger partial charge in [0.15, 0.2) is 0 Å². The van der Waals surface area contributed by atoms with E-state index in [4.69, 9.17) is 0 Å². The minimum atomic E-state index is 0. The van der Waals surface area contributed by atoms with Gasteiger partial charge in [0.1, 0.15) is 0 Å². The standard InChI is InChI=1S/C8H17N.ClH/c1-9-8-6-4-2-3-5-7-8;/h8-9H,2-7H2,1H3;1H. The van der Waals surface area contributed by atoms with E-state index in [0.29, 0.717) is 0 Å². The fourth-order valence-electron chi connectivity index (χ4n) is 1.57. The van der Waals surface area contributed by atoms with Gasteiger partial charge in [-0.05, 0) is 19.9 Å². The lowest BCUT2D eigenvalue weighted by atomic mass is 10.1. The van der Waals surface area contributed by atoms with E-state index in [-0.39, 0.29) is 12.4 Å². The molecule has 1 nitrogen and oxygen atoms in total. The third kappa shape index (κ3) is 3.43. The quantitative estimate of drug-likeness (QED) is 0.586. The van der Waals surface area contributed by atoms with Gasteiger partial charge in [0.2, 0.25) is 0 Å². The van der Waals surface area contributed by atoms with Crippen LogP contribution in [0.2, 0.25) is 0 Å². The van der Waals surface area contributed by atoms with E-state index >= 15 is 0 Å². The largest absolute Gasteiger partial charge is 0.317 e. The number of halogens is 1. The zero-order chi connectivity index (χ0) is 6.53. The molecule has 1 aliphatic rings. The van der Waals surface area contributed by atoms with Crippen LogP contribution >= 0.6 is 12.4 Å². The predicted molar refractivity (Wildman–Crippen MR) is 47.8 cm³/mol. The summed E-state index contributed by atoms with van der Waals surface area (Å²) < 4.78 is 0. The zero-order valence-electron chi connectivity index (χ0n) is 6.73. The summed E-state index contributed by atoms with van der Waals surface area (Å²) in [5.41, 5.74) is 0. The average Bonchev–Trinajstić information content (AvgIpc) is 2.13. The second-order valence-electron chi connectivity index (χ2n) is 2.98. The highest BCUT2D eigenvalue weighted by molar-refractivity contribution is 5.85. The zero-order valence-corrected chi connectivity index (χ0v) is 7.54. The fraction of sp³-hybridized carbons (Fsp3) is 1.00. The van der Waals surface area contributed by atoms with Crippen LogP contribution in [0.1, 0.15) is 38.5 Å². The van der Waals surface area contributed by atoms with Crippen molar-refractivity contribution in [1.29, 1.82) is 0 Å². The molecule has 62 valence electrons. The molecule has 2 heteroatoms. The van der Waals surface area contributed by atoms with Crippen LogP contribution in [0.4, 0.5) is 0 Å². The molecule has 0 amide bonds. The van der Waals surface area contributed by atoms with Gasteiger partial charge >= 0.3 is 0 Å². The minimum Gasteiger partial charge on any atom is -0.317 e. The van der Waals surface area contributed by atoms with Crippen LogP contribution in [-0.2, 0) is 0 Å². The van der Waals surface area contributed by atoms with E-state index in [9.17, 15) is 0 Å². The molecule has 1 fully saturated rings. The first kappa shape index (κ1) is 10.2. The van der Waals surface area contributed by atoms with Gasteiger partial charge in [0.25, 0.3) is 0 Å². The fourth-order valence-corrected chi connectivity index (χ4v) is 1.57. The molecule has 0 bridgehead atoms. The number of rotatable bonds is 1. The molecule has 0 aromatic rings. The Labute approximate surface area is 70.0 Å². The van der Waals surface area contributed by atoms with Crippen LogP contribution in [0.15, 0.2) is 0 Å². The minimum absolute atomic E-state index is 0. The summed E-state index contributed by atoms with van der Waals surface area (Å²) in [4.78, 5) is 0. The van der Waals surface area contributed by atoms with Crippen molar-refractivity contribution in [3.63, 3.8) is 0 Å². The van der Waals surface area contributed by atoms with E-state index < -0.39 is 0 Å². The molecule has 0 saturated heterocycles. The number of nitrogens with one attached hydrogen (secondary N) is 1. The molecular formula is C8H18ClN. The molecule has 0 heterocycles. The lowest BCUT2D eigenvalue weighted by Gasteiger charge is -2.10. The molecule has 1 aliphatic carbocycles.